The molecule has 2 amide bonds. The zero-order valence-electron chi connectivity index (χ0n) is 17.0. The van der Waals surface area contributed by atoms with Crippen LogP contribution in [0.2, 0.25) is 5.02 Å². The highest BCUT2D eigenvalue weighted by molar-refractivity contribution is 6.33. The predicted octanol–water partition coefficient (Wildman–Crippen LogP) is 3.52. The fourth-order valence-corrected chi connectivity index (χ4v) is 3.71. The van der Waals surface area contributed by atoms with Crippen molar-refractivity contribution in [1.29, 1.82) is 0 Å². The van der Waals surface area contributed by atoms with Gasteiger partial charge < -0.3 is 10.2 Å². The van der Waals surface area contributed by atoms with Crippen molar-refractivity contribution in [2.45, 2.75) is 26.8 Å². The largest absolute Gasteiger partial charge is 0.352 e. The van der Waals surface area contributed by atoms with E-state index in [2.05, 4.69) is 41.5 Å². The van der Waals surface area contributed by atoms with E-state index in [-0.39, 0.29) is 6.03 Å². The van der Waals surface area contributed by atoms with Gasteiger partial charge in [0.2, 0.25) is 5.95 Å². The summed E-state index contributed by atoms with van der Waals surface area (Å²) in [4.78, 5) is 31.5. The number of pyridine rings is 2. The molecule has 0 aromatic carbocycles. The van der Waals surface area contributed by atoms with E-state index < -0.39 is 0 Å². The molecule has 0 saturated heterocycles. The van der Waals surface area contributed by atoms with Crippen molar-refractivity contribution < 1.29 is 4.79 Å². The molecule has 0 unspecified atom stereocenters. The number of nitrogens with one attached hydrogen (secondary N) is 2. The van der Waals surface area contributed by atoms with Crippen LogP contribution in [-0.2, 0) is 13.0 Å². The normalized spacial score (nSPS) is 13.0. The smallest absolute Gasteiger partial charge is 0.321 e. The first-order chi connectivity index (χ1) is 14.4. The van der Waals surface area contributed by atoms with Crippen LogP contribution in [-0.4, -0.2) is 39.6 Å². The first-order valence-corrected chi connectivity index (χ1v) is 10.00. The summed E-state index contributed by atoms with van der Waals surface area (Å²) < 4.78 is 0. The summed E-state index contributed by atoms with van der Waals surface area (Å²) in [5.74, 6) is 1.13. The number of halogens is 1. The Balaban J connectivity index is 1.60. The highest BCUT2D eigenvalue weighted by Crippen LogP contribution is 2.32. The molecule has 0 aliphatic carbocycles. The van der Waals surface area contributed by atoms with Gasteiger partial charge in [-0.2, -0.15) is 0 Å². The third-order valence-corrected chi connectivity index (χ3v) is 5.32. The van der Waals surface area contributed by atoms with Crippen LogP contribution in [0.15, 0.2) is 30.7 Å². The Morgan fingerprint density at radius 1 is 1.13 bits per heavy atom. The summed E-state index contributed by atoms with van der Waals surface area (Å²) in [7, 11) is 1.55. The van der Waals surface area contributed by atoms with E-state index in [0.717, 1.165) is 52.4 Å². The summed E-state index contributed by atoms with van der Waals surface area (Å²) in [6.45, 7) is 5.43. The van der Waals surface area contributed by atoms with E-state index >= 15 is 0 Å². The SMILES string of the molecule is CNC(=O)Nc1ncc2c(n1)CCN(c1cc(-c3ncc(C)cc3C)c(Cl)cn1)C2. The quantitative estimate of drug-likeness (QED) is 0.669. The molecule has 1 aliphatic heterocycles. The van der Waals surface area contributed by atoms with Gasteiger partial charge in [-0.3, -0.25) is 10.3 Å². The first-order valence-electron chi connectivity index (χ1n) is 9.62. The molecule has 0 fully saturated rings. The minimum atomic E-state index is -0.342. The molecule has 154 valence electrons. The van der Waals surface area contributed by atoms with Gasteiger partial charge in [0.25, 0.3) is 0 Å². The molecule has 9 heteroatoms. The standard InChI is InChI=1S/C21H22ClN7O/c1-12-6-13(2)19(25-8-12)15-7-18(24-10-16(15)22)29-5-4-17-14(11-29)9-26-20(27-17)28-21(30)23-3/h6-10H,4-5,11H2,1-3H3,(H2,23,26,27,28,30). The van der Waals surface area contributed by atoms with Gasteiger partial charge in [-0.05, 0) is 31.0 Å². The van der Waals surface area contributed by atoms with Crippen molar-refractivity contribution in [3.05, 3.63) is 58.1 Å². The Morgan fingerprint density at radius 3 is 2.73 bits per heavy atom. The second-order valence-electron chi connectivity index (χ2n) is 7.24. The van der Waals surface area contributed by atoms with Gasteiger partial charge in [-0.25, -0.2) is 19.7 Å². The minimum absolute atomic E-state index is 0.300. The van der Waals surface area contributed by atoms with Crippen molar-refractivity contribution in [2.24, 2.45) is 0 Å². The van der Waals surface area contributed by atoms with Gasteiger partial charge in [0.15, 0.2) is 0 Å². The highest BCUT2D eigenvalue weighted by atomic mass is 35.5. The molecule has 0 spiro atoms. The molecule has 30 heavy (non-hydrogen) atoms. The number of fused-ring (bicyclic) bond motifs is 1. The summed E-state index contributed by atoms with van der Waals surface area (Å²) in [5.41, 5.74) is 5.85. The van der Waals surface area contributed by atoms with E-state index in [1.807, 2.05) is 26.1 Å². The van der Waals surface area contributed by atoms with Gasteiger partial charge in [0.05, 0.1) is 16.4 Å². The van der Waals surface area contributed by atoms with Crippen LogP contribution >= 0.6 is 11.6 Å². The van der Waals surface area contributed by atoms with Crippen LogP contribution in [0.5, 0.6) is 0 Å². The second-order valence-corrected chi connectivity index (χ2v) is 7.65. The van der Waals surface area contributed by atoms with E-state index in [1.165, 1.54) is 0 Å². The first kappa shape index (κ1) is 20.0. The maximum Gasteiger partial charge on any atom is 0.321 e. The molecule has 2 N–H and O–H groups in total. The van der Waals surface area contributed by atoms with E-state index in [0.29, 0.717) is 17.5 Å². The second kappa shape index (κ2) is 8.23. The van der Waals surface area contributed by atoms with Crippen molar-refractivity contribution in [3.8, 4) is 11.3 Å². The number of nitrogens with zero attached hydrogens (tertiary/aromatic N) is 5. The van der Waals surface area contributed by atoms with E-state index in [9.17, 15) is 4.79 Å². The lowest BCUT2D eigenvalue weighted by molar-refractivity contribution is 0.254. The Kier molecular flexibility index (Phi) is 5.50. The fraction of sp³-hybridized carbons (Fsp3) is 0.286. The van der Waals surface area contributed by atoms with Crippen LogP contribution in [0.25, 0.3) is 11.3 Å². The van der Waals surface area contributed by atoms with Gasteiger partial charge in [-0.1, -0.05) is 17.7 Å². The molecule has 3 aromatic rings. The number of anilines is 2. The van der Waals surface area contributed by atoms with Crippen LogP contribution in [0.4, 0.5) is 16.6 Å². The van der Waals surface area contributed by atoms with Crippen LogP contribution in [0.1, 0.15) is 22.4 Å². The van der Waals surface area contributed by atoms with Gasteiger partial charge >= 0.3 is 6.03 Å². The number of hydrogen-bond donors (Lipinski definition) is 2. The zero-order chi connectivity index (χ0) is 21.3. The lowest BCUT2D eigenvalue weighted by atomic mass is 10.0. The van der Waals surface area contributed by atoms with E-state index in [1.54, 1.807) is 19.4 Å². The van der Waals surface area contributed by atoms with Gasteiger partial charge in [0, 0.05) is 56.3 Å². The summed E-state index contributed by atoms with van der Waals surface area (Å²) in [6.07, 6.45) is 6.00. The van der Waals surface area contributed by atoms with E-state index in [4.69, 9.17) is 11.6 Å². The molecule has 1 aliphatic rings. The van der Waals surface area contributed by atoms with Gasteiger partial charge in [-0.15, -0.1) is 0 Å². The third kappa shape index (κ3) is 4.04. The topological polar surface area (TPSA) is 95.9 Å². The van der Waals surface area contributed by atoms with Crippen LogP contribution in [0.3, 0.4) is 0 Å². The average molecular weight is 424 g/mol. The lowest BCUT2D eigenvalue weighted by Crippen LogP contribution is -2.32. The number of hydrogen-bond acceptors (Lipinski definition) is 6. The fourth-order valence-electron chi connectivity index (χ4n) is 3.52. The van der Waals surface area contributed by atoms with Crippen molar-refractivity contribution in [2.75, 3.05) is 23.8 Å². The summed E-state index contributed by atoms with van der Waals surface area (Å²) >= 11 is 6.45. The van der Waals surface area contributed by atoms with Crippen LogP contribution < -0.4 is 15.5 Å². The molecule has 3 aromatic heterocycles. The maximum absolute atomic E-state index is 11.5. The minimum Gasteiger partial charge on any atom is -0.352 e. The number of carbonyl (C=O) groups is 1. The Morgan fingerprint density at radius 2 is 1.97 bits per heavy atom. The summed E-state index contributed by atoms with van der Waals surface area (Å²) in [5, 5.41) is 5.67. The summed E-state index contributed by atoms with van der Waals surface area (Å²) in [6, 6.07) is 3.74. The molecular weight excluding hydrogens is 402 g/mol. The molecule has 0 bridgehead atoms. The van der Waals surface area contributed by atoms with Crippen LogP contribution in [0, 0.1) is 13.8 Å². The number of amides is 2. The molecule has 8 nitrogen and oxygen atoms in total. The molecule has 0 saturated carbocycles. The van der Waals surface area contributed by atoms with Crippen molar-refractivity contribution in [3.63, 3.8) is 0 Å². The highest BCUT2D eigenvalue weighted by Gasteiger charge is 2.21. The lowest BCUT2D eigenvalue weighted by Gasteiger charge is -2.29. The van der Waals surface area contributed by atoms with Gasteiger partial charge in [0.1, 0.15) is 5.82 Å². The molecule has 0 atom stereocenters. The number of carbonyl (C=O) groups excluding carboxylic acids is 1. The number of rotatable bonds is 3. The molecule has 4 rings (SSSR count). The Labute approximate surface area is 179 Å². The molecule has 4 heterocycles. The Bertz CT molecular complexity index is 1120. The number of aryl methyl sites for hydroxylation is 2. The maximum atomic E-state index is 11.5. The monoisotopic (exact) mass is 423 g/mol. The zero-order valence-corrected chi connectivity index (χ0v) is 17.8. The molecule has 0 radical (unpaired) electrons. The number of urea groups is 1. The van der Waals surface area contributed by atoms with Crippen molar-refractivity contribution in [1.82, 2.24) is 25.3 Å². The molecular formula is C21H22ClN7O. The Hall–Kier alpha value is -3.26. The predicted molar refractivity (Wildman–Crippen MR) is 117 cm³/mol. The number of aromatic nitrogens is 4. The van der Waals surface area contributed by atoms with Crippen molar-refractivity contribution >= 4 is 29.4 Å². The average Bonchev–Trinajstić information content (AvgIpc) is 2.74. The third-order valence-electron chi connectivity index (χ3n) is 5.02.